The van der Waals surface area contributed by atoms with E-state index in [1.54, 1.807) is 47.1 Å². The number of carbonyl (C=O) groups excluding carboxylic acids is 2. The van der Waals surface area contributed by atoms with Crippen LogP contribution in [0.1, 0.15) is 275 Å². The van der Waals surface area contributed by atoms with Gasteiger partial charge in [0.25, 0.3) is 0 Å². The number of para-hydroxylation sites is 1. The van der Waals surface area contributed by atoms with E-state index >= 15 is 0 Å². The molecular formula is C69H139N6O4SW35-7. The first kappa shape index (κ1) is 320. The number of rotatable bonds is 14. The molecule has 46 heteroatoms. The zero-order valence-electron chi connectivity index (χ0n) is 70.2. The molecule has 4 rings (SSSR count). The van der Waals surface area contributed by atoms with E-state index in [9.17, 15) is 9.59 Å². The molecule has 0 spiro atoms. The number of unbranched alkanes of at least 4 members (excludes halogenated alkanes) is 1. The Morgan fingerprint density at radius 3 is 0.861 bits per heavy atom. The zero-order valence-corrected chi connectivity index (χ0v) is 174. The Morgan fingerprint density at radius 2 is 0.730 bits per heavy atom. The number of nitrogens with one attached hydrogen (secondary N) is 2. The summed E-state index contributed by atoms with van der Waals surface area (Å²) in [5.41, 5.74) is 18.3. The van der Waals surface area contributed by atoms with Crippen LogP contribution < -0.4 is 9.97 Å². The van der Waals surface area contributed by atoms with Crippen molar-refractivity contribution in [1.82, 2.24) is 15.0 Å². The maximum Gasteiger partial charge on any atom is 0.129 e. The third-order valence-electron chi connectivity index (χ3n) is 8.18. The van der Waals surface area contributed by atoms with Crippen molar-refractivity contribution in [2.75, 3.05) is 18.9 Å². The molecule has 4 aromatic rings. The minimum atomic E-state index is -0.461. The zero-order chi connectivity index (χ0) is 62.3. The second-order valence-corrected chi connectivity index (χ2v) is 19.6. The second-order valence-electron chi connectivity index (χ2n) is 19.2. The number of carbonyl (C=O) groups is 2. The summed E-state index contributed by atoms with van der Waals surface area (Å²) in [5, 5.41) is 25.5. The molecule has 10 nitrogen and oxygen atoms in total. The molecule has 0 bridgehead atoms. The first-order valence-electron chi connectivity index (χ1n) is 29.5. The number of aryl methyl sites for hydroxylation is 3. The van der Waals surface area contributed by atoms with Gasteiger partial charge in [-0.15, -0.1) is 5.52 Å². The minimum absolute atomic E-state index is 0. The molecular weight excluding hydrogens is 7440 g/mol. The Kier molecular flexibility index (Phi) is 833. The molecule has 4 N–H and O–H groups in total. The molecule has 0 unspecified atom stereocenters. The molecule has 0 aliphatic heterocycles. The van der Waals surface area contributed by atoms with Crippen LogP contribution in [-0.4, -0.2) is 57.6 Å². The maximum absolute atomic E-state index is 10.0. The van der Waals surface area contributed by atoms with E-state index in [1.807, 2.05) is 39.1 Å². The van der Waals surface area contributed by atoms with Crippen molar-refractivity contribution in [3.8, 4) is 0 Å². The van der Waals surface area contributed by atoms with Gasteiger partial charge in [0.15, 0.2) is 0 Å². The van der Waals surface area contributed by atoms with Crippen LogP contribution >= 0.6 is 0 Å². The van der Waals surface area contributed by atoms with Crippen LogP contribution in [0.15, 0.2) is 73.3 Å². The molecule has 692 valence electrons. The van der Waals surface area contributed by atoms with Gasteiger partial charge in [0.1, 0.15) is 5.78 Å². The average Bonchev–Trinajstić information content (AvgIpc) is 1.70. The number of hydrogen-bond acceptors (Lipinski definition) is 6. The average molecular weight is 7580 g/mol. The summed E-state index contributed by atoms with van der Waals surface area (Å²) in [5.74, 6) is 3.33. The molecule has 115 heavy (non-hydrogen) atoms. The minimum Gasteiger partial charge on any atom is -0.811 e. The Hall–Kier alpha value is 20.3. The number of imidazole rings is 1. The van der Waals surface area contributed by atoms with Gasteiger partial charge >= 0.3 is 0 Å². The summed E-state index contributed by atoms with van der Waals surface area (Å²) in [6, 6.07) is 18.7. The molecule has 0 atom stereocenters. The van der Waals surface area contributed by atoms with Crippen LogP contribution in [0, 0.1) is 25.2 Å². The van der Waals surface area contributed by atoms with Gasteiger partial charge in [-0.1, -0.05) is 289 Å². The van der Waals surface area contributed by atoms with Crippen molar-refractivity contribution in [3.63, 3.8) is 0 Å². The van der Waals surface area contributed by atoms with Crippen LogP contribution in [0.2, 0.25) is 0 Å². The summed E-state index contributed by atoms with van der Waals surface area (Å²) in [6.45, 7) is 49.8. The predicted molar refractivity (Wildman–Crippen MR) is 372 cm³/mol. The first-order chi connectivity index (χ1) is 36.2. The van der Waals surface area contributed by atoms with Gasteiger partial charge in [0.2, 0.25) is 0 Å². The molecule has 0 radical (unpaired) electrons. The number of aliphatic hydroxyl groups is 2. The van der Waals surface area contributed by atoms with Gasteiger partial charge < -0.3 is 71.7 Å². The Balaban J connectivity index is -0.00000000901. The topological polar surface area (TPSA) is 186 Å². The van der Waals surface area contributed by atoms with Crippen LogP contribution in [0.5, 0.6) is 0 Å². The van der Waals surface area contributed by atoms with Crippen molar-refractivity contribution in [2.45, 2.75) is 283 Å². The van der Waals surface area contributed by atoms with Crippen LogP contribution in [-0.2, 0) is 779 Å². The summed E-state index contributed by atoms with van der Waals surface area (Å²) >= 11 is 4.55. The number of fused-ring (bicyclic) bond motifs is 1. The third-order valence-corrected chi connectivity index (χ3v) is 8.58. The molecule has 0 saturated heterocycles. The van der Waals surface area contributed by atoms with Gasteiger partial charge in [-0.2, -0.15) is 18.5 Å². The number of benzene rings is 2. The number of Topliss-reactive ketones (excluding diaryl/α,β-unsaturated/α-hetero) is 1. The molecule has 0 aliphatic carbocycles. The molecule has 2 aromatic carbocycles. The van der Waals surface area contributed by atoms with Gasteiger partial charge in [-0.3, -0.25) is 0 Å². The van der Waals surface area contributed by atoms with Gasteiger partial charge in [0.05, 0.1) is 0 Å². The summed E-state index contributed by atoms with van der Waals surface area (Å²) < 4.78 is 0. The summed E-state index contributed by atoms with van der Waals surface area (Å²) in [4.78, 5) is 31.7. The number of aromatic nitrogens is 3. The fourth-order valence-electron chi connectivity index (χ4n) is 3.52. The van der Waals surface area contributed by atoms with E-state index < -0.39 is 5.91 Å². The standard InChI is InChI=1S/C10H10N.C8H10.C6H12N.C5H7N2.C5H10O.2C5H12.C4H9NO.C4H10.C3H8N.C3H8O.C3H8S.C3H8.C2H6O.2CH4.CH3.35W/c1-2-8-7-11-10-6-4-3-5-9(8)10;1-2-8-6-4-3-5-7-8;1-3-4-5-6(2)7;1-2-5-3-6-4-7-5;1-3-4-5(2)6;2*1-4-5(2)3;1-2-3-4(5)6;1-4(2)3;1-2-3-4;1-3(2)4;1-2-3-4;1-3-2;1-2-3;;;;;;;;;;;;;;;;;;;;;;;;;;;;;;;;;;;;;;/h3-7H,2H2,1H3;3-7H,2H2,1H3;3-5H2,1-2H3;3-4H,2H2,1H3;3-4H2,1-2H3;2*5H,4H2,1-3H3;2-3H2,1H3,(H2,5,6);4H,1-3H3;4H,2-3H2,1H3;3-4H,1-2H3;4H,2-3H2,1H3;3H2,1-2H3;3H,2H2,1H3;2*1H4;1H3;;;;;;;;;;;;;;;;;;;;;;;;;;;;;;;;;;;/q-1;;2*-1;;;;;;-1;;;;;;;-1;;;;;;;;;;;;;;;;;;;;;;;;;;;;;;;;;;;/p-2. The van der Waals surface area contributed by atoms with Crippen LogP contribution in [0.3, 0.4) is 0 Å². The van der Waals surface area contributed by atoms with Crippen molar-refractivity contribution in [3.05, 3.63) is 114 Å². The second kappa shape index (κ2) is 299. The van der Waals surface area contributed by atoms with Crippen molar-refractivity contribution < 1.29 is 757 Å². The van der Waals surface area contributed by atoms with Crippen molar-refractivity contribution in [2.24, 2.45) is 17.8 Å². The van der Waals surface area contributed by atoms with Gasteiger partial charge in [-0.25, -0.2) is 5.71 Å². The van der Waals surface area contributed by atoms with Crippen LogP contribution in [0.25, 0.3) is 27.8 Å². The van der Waals surface area contributed by atoms with Gasteiger partial charge in [0, 0.05) is 762 Å². The Morgan fingerprint density at radius 1 is 0.461 bits per heavy atom. The number of ketones is 1. The summed E-state index contributed by atoms with van der Waals surface area (Å²) in [6.07, 6.45) is 20.4. The smallest absolute Gasteiger partial charge is 0.129 e. The monoisotopic (exact) mass is 7590 g/mol. The SMILES string of the molecule is C.C.CC(C)C.CC(C)O.CCC.CCC(C)C.CCC(C)C.CCCC(C)=O.CCCC([NH-])=O.CCCCC(C)=[N-].CCC[NH-].CCC[S-].CCO.CCc1c[n-]c2ccccc12.CCc1c[n-]cn1.CCc1ccccc1.[CH3-].[W].[W].[W].[W].[W].[W].[W].[W].[W].[W].[W].[W].[W].[W].[W].[W].[W].[W].[W].[W].[W].[W].[W].[W].[W].[W].[W].[W].[W].[W].[W].[W].[W].[W].[W]. The van der Waals surface area contributed by atoms with E-state index in [4.69, 9.17) is 27.1 Å². The number of nitrogens with zero attached hydrogens (tertiary/aromatic N) is 4. The largest absolute Gasteiger partial charge is 0.811 e. The fourth-order valence-corrected chi connectivity index (χ4v) is 3.52. The van der Waals surface area contributed by atoms with E-state index in [0.717, 1.165) is 105 Å². The van der Waals surface area contributed by atoms with Gasteiger partial charge in [-0.05, 0) is 88.5 Å². The van der Waals surface area contributed by atoms with Crippen LogP contribution in [0.4, 0.5) is 0 Å². The molecule has 2 aromatic heterocycles. The number of hydrogen-bond donors (Lipinski definition) is 2. The molecule has 0 fully saturated rings. The molecule has 2 heterocycles. The molecule has 1 amide bonds. The van der Waals surface area contributed by atoms with E-state index in [0.29, 0.717) is 18.7 Å². The summed E-state index contributed by atoms with van der Waals surface area (Å²) in [7, 11) is 0. The fraction of sp³-hybridized carbons (Fsp3) is 0.696. The number of aliphatic hydroxyl groups excluding tert-OH is 2. The quantitative estimate of drug-likeness (QED) is 0.0709. The number of amides is 1. The van der Waals surface area contributed by atoms with E-state index in [-0.39, 0.29) is 778 Å². The third kappa shape index (κ3) is 393. The van der Waals surface area contributed by atoms with E-state index in [2.05, 4.69) is 181 Å². The van der Waals surface area contributed by atoms with Crippen molar-refractivity contribution in [1.29, 1.82) is 0 Å². The predicted octanol–water partition coefficient (Wildman–Crippen LogP) is 21.8. The van der Waals surface area contributed by atoms with E-state index in [1.165, 1.54) is 35.8 Å². The van der Waals surface area contributed by atoms with Crippen molar-refractivity contribution >= 4 is 40.9 Å². The Bertz CT molecular complexity index is 1650. The normalized spacial score (nSPS) is 5.91. The Labute approximate surface area is 1220 Å². The molecule has 0 aliphatic rings. The first-order valence-corrected chi connectivity index (χ1v) is 30.0. The maximum atomic E-state index is 10.0. The molecule has 0 saturated carbocycles.